The second-order valence-corrected chi connectivity index (χ2v) is 5.93. The zero-order valence-corrected chi connectivity index (χ0v) is 11.2. The van der Waals surface area contributed by atoms with E-state index in [0.29, 0.717) is 0 Å². The van der Waals surface area contributed by atoms with E-state index in [0.717, 1.165) is 32.8 Å². The maximum absolute atomic E-state index is 11.5. The third-order valence-electron chi connectivity index (χ3n) is 3.24. The molecule has 0 heterocycles. The van der Waals surface area contributed by atoms with E-state index in [1.54, 1.807) is 4.72 Å². The molecule has 106 valence electrons. The van der Waals surface area contributed by atoms with Gasteiger partial charge in [-0.15, -0.1) is 0 Å². The Kier molecular flexibility index (Phi) is 5.83. The number of methoxy groups -OCH3 is 1. The molecule has 0 bridgehead atoms. The van der Waals surface area contributed by atoms with Gasteiger partial charge in [-0.05, 0) is 24.7 Å². The minimum atomic E-state index is -3.88. The van der Waals surface area contributed by atoms with Crippen molar-refractivity contribution in [2.45, 2.75) is 25.7 Å². The Morgan fingerprint density at radius 2 is 1.94 bits per heavy atom. The van der Waals surface area contributed by atoms with Crippen LogP contribution in [-0.4, -0.2) is 39.9 Å². The Bertz CT molecular complexity index is 370. The molecule has 1 aliphatic carbocycles. The molecule has 0 aliphatic heterocycles. The van der Waals surface area contributed by atoms with Crippen molar-refractivity contribution in [1.29, 1.82) is 0 Å². The number of amides is 1. The first-order valence-electron chi connectivity index (χ1n) is 5.94. The van der Waals surface area contributed by atoms with Crippen molar-refractivity contribution in [2.75, 3.05) is 20.3 Å². The van der Waals surface area contributed by atoms with E-state index in [1.807, 2.05) is 0 Å². The quantitative estimate of drug-likeness (QED) is 0.656. The Morgan fingerprint density at radius 3 is 2.50 bits per heavy atom. The van der Waals surface area contributed by atoms with Gasteiger partial charge in [-0.1, -0.05) is 12.8 Å². The summed E-state index contributed by atoms with van der Waals surface area (Å²) in [6.45, 7) is 0.286. The van der Waals surface area contributed by atoms with Crippen LogP contribution in [0.5, 0.6) is 0 Å². The van der Waals surface area contributed by atoms with Gasteiger partial charge in [0, 0.05) is 13.2 Å². The van der Waals surface area contributed by atoms with Gasteiger partial charge in [-0.3, -0.25) is 0 Å². The van der Waals surface area contributed by atoms with Gasteiger partial charge in [0.25, 0.3) is 0 Å². The lowest BCUT2D eigenvalue weighted by molar-refractivity contribution is 0.136. The van der Waals surface area contributed by atoms with E-state index in [1.165, 1.54) is 0 Å². The molecule has 8 heteroatoms. The molecule has 1 rings (SSSR count). The Labute approximate surface area is 107 Å². The van der Waals surface area contributed by atoms with Crippen molar-refractivity contribution in [3.8, 4) is 0 Å². The molecule has 3 N–H and O–H groups in total. The fraction of sp³-hybridized carbons (Fsp3) is 0.900. The van der Waals surface area contributed by atoms with Crippen molar-refractivity contribution in [3.05, 3.63) is 0 Å². The number of rotatable bonds is 5. The summed E-state index contributed by atoms with van der Waals surface area (Å²) in [5.41, 5.74) is 0. The number of carbonyl (C=O) groups excluding carboxylic acids is 1. The number of carbonyl (C=O) groups is 1. The molecule has 7 nitrogen and oxygen atoms in total. The smallest absolute Gasteiger partial charge is 0.421 e. The normalized spacial score (nSPS) is 24.6. The number of hydrogen-bond donors (Lipinski definition) is 3. The summed E-state index contributed by atoms with van der Waals surface area (Å²) in [5, 5.41) is 9.21. The van der Waals surface area contributed by atoms with Gasteiger partial charge < -0.3 is 9.84 Å². The van der Waals surface area contributed by atoms with E-state index < -0.39 is 16.3 Å². The zero-order chi connectivity index (χ0) is 13.6. The van der Waals surface area contributed by atoms with Crippen LogP contribution < -0.4 is 9.44 Å². The lowest BCUT2D eigenvalue weighted by Crippen LogP contribution is -2.43. The minimum absolute atomic E-state index is 0.0663. The zero-order valence-electron chi connectivity index (χ0n) is 10.4. The molecule has 0 spiro atoms. The van der Waals surface area contributed by atoms with Gasteiger partial charge in [-0.25, -0.2) is 9.52 Å². The van der Waals surface area contributed by atoms with Gasteiger partial charge in [0.1, 0.15) is 0 Å². The van der Waals surface area contributed by atoms with Crippen LogP contribution in [-0.2, 0) is 14.9 Å². The van der Waals surface area contributed by atoms with Crippen LogP contribution in [0.25, 0.3) is 0 Å². The number of hydrogen-bond acceptors (Lipinski definition) is 5. The molecule has 1 amide bonds. The third kappa shape index (κ3) is 4.79. The van der Waals surface area contributed by atoms with Gasteiger partial charge >= 0.3 is 16.3 Å². The van der Waals surface area contributed by atoms with E-state index in [4.69, 9.17) is 0 Å². The highest BCUT2D eigenvalue weighted by molar-refractivity contribution is 7.88. The van der Waals surface area contributed by atoms with E-state index in [-0.39, 0.29) is 25.0 Å². The maximum atomic E-state index is 11.5. The Balaban J connectivity index is 2.45. The molecule has 2 atom stereocenters. The van der Waals surface area contributed by atoms with Crippen molar-refractivity contribution in [2.24, 2.45) is 11.8 Å². The molecular weight excluding hydrogens is 260 g/mol. The van der Waals surface area contributed by atoms with Crippen LogP contribution in [0, 0.1) is 11.8 Å². The fourth-order valence-electron chi connectivity index (χ4n) is 2.20. The van der Waals surface area contributed by atoms with Crippen molar-refractivity contribution < 1.29 is 23.1 Å². The summed E-state index contributed by atoms with van der Waals surface area (Å²) in [4.78, 5) is 10.8. The van der Waals surface area contributed by atoms with E-state index in [9.17, 15) is 18.3 Å². The molecule has 2 unspecified atom stereocenters. The first kappa shape index (κ1) is 15.2. The first-order valence-corrected chi connectivity index (χ1v) is 7.43. The van der Waals surface area contributed by atoms with Crippen LogP contribution in [0.4, 0.5) is 4.79 Å². The second-order valence-electron chi connectivity index (χ2n) is 4.43. The van der Waals surface area contributed by atoms with Crippen molar-refractivity contribution in [1.82, 2.24) is 9.44 Å². The predicted molar refractivity (Wildman–Crippen MR) is 65.0 cm³/mol. The van der Waals surface area contributed by atoms with Crippen LogP contribution in [0.15, 0.2) is 0 Å². The lowest BCUT2D eigenvalue weighted by atomic mass is 9.80. The average molecular weight is 280 g/mol. The first-order chi connectivity index (χ1) is 8.48. The largest absolute Gasteiger partial charge is 0.452 e. The summed E-state index contributed by atoms with van der Waals surface area (Å²) in [7, 11) is -2.79. The molecule has 0 aromatic carbocycles. The Hall–Kier alpha value is -0.860. The molecule has 1 aliphatic rings. The third-order valence-corrected chi connectivity index (χ3v) is 4.22. The number of aliphatic hydroxyl groups is 1. The van der Waals surface area contributed by atoms with Crippen LogP contribution in [0.1, 0.15) is 25.7 Å². The number of ether oxygens (including phenoxy) is 1. The van der Waals surface area contributed by atoms with Gasteiger partial charge in [-0.2, -0.15) is 13.1 Å². The highest BCUT2D eigenvalue weighted by Gasteiger charge is 2.26. The molecule has 0 radical (unpaired) electrons. The van der Waals surface area contributed by atoms with Gasteiger partial charge in [0.15, 0.2) is 0 Å². The minimum Gasteiger partial charge on any atom is -0.452 e. The van der Waals surface area contributed by atoms with E-state index >= 15 is 0 Å². The maximum Gasteiger partial charge on any atom is 0.421 e. The van der Waals surface area contributed by atoms with Crippen LogP contribution >= 0.6 is 0 Å². The topological polar surface area (TPSA) is 105 Å². The molecule has 0 aromatic rings. The molecule has 0 saturated heterocycles. The summed E-state index contributed by atoms with van der Waals surface area (Å²) < 4.78 is 31.1. The molecule has 1 saturated carbocycles. The SMILES string of the molecule is COC(=O)NS(=O)(=O)NCC1CCCCC1CO. The van der Waals surface area contributed by atoms with Crippen LogP contribution in [0.2, 0.25) is 0 Å². The molecular formula is C10H20N2O5S. The number of nitrogens with one attached hydrogen (secondary N) is 2. The van der Waals surface area contributed by atoms with E-state index in [2.05, 4.69) is 9.46 Å². The summed E-state index contributed by atoms with van der Waals surface area (Å²) >= 11 is 0. The number of aliphatic hydroxyl groups excluding tert-OH is 1. The van der Waals surface area contributed by atoms with Crippen molar-refractivity contribution in [3.63, 3.8) is 0 Å². The van der Waals surface area contributed by atoms with Gasteiger partial charge in [0.2, 0.25) is 0 Å². The highest BCUT2D eigenvalue weighted by atomic mass is 32.2. The lowest BCUT2D eigenvalue weighted by Gasteiger charge is -2.30. The standard InChI is InChI=1S/C10H20N2O5S/c1-17-10(14)12-18(15,16)11-6-8-4-2-3-5-9(8)7-13/h8-9,11,13H,2-7H2,1H3,(H,12,14). The second kappa shape index (κ2) is 6.91. The van der Waals surface area contributed by atoms with Gasteiger partial charge in [0.05, 0.1) is 7.11 Å². The summed E-state index contributed by atoms with van der Waals surface area (Å²) in [6, 6.07) is 0. The fourth-order valence-corrected chi connectivity index (χ4v) is 3.01. The molecule has 18 heavy (non-hydrogen) atoms. The van der Waals surface area contributed by atoms with Crippen molar-refractivity contribution >= 4 is 16.3 Å². The highest BCUT2D eigenvalue weighted by Crippen LogP contribution is 2.29. The average Bonchev–Trinajstić information content (AvgIpc) is 2.36. The summed E-state index contributed by atoms with van der Waals surface area (Å²) in [5.74, 6) is 0.234. The molecule has 0 aromatic heterocycles. The summed E-state index contributed by atoms with van der Waals surface area (Å²) in [6.07, 6.45) is 2.87. The molecule has 1 fully saturated rings. The van der Waals surface area contributed by atoms with Crippen LogP contribution in [0.3, 0.4) is 0 Å². The predicted octanol–water partition coefficient (Wildman–Crippen LogP) is -0.0245. The monoisotopic (exact) mass is 280 g/mol. The Morgan fingerprint density at radius 1 is 1.33 bits per heavy atom.